The van der Waals surface area contributed by atoms with E-state index in [1.165, 1.54) is 6.07 Å². The van der Waals surface area contributed by atoms with Crippen molar-refractivity contribution in [1.82, 2.24) is 9.97 Å². The third kappa shape index (κ3) is 2.30. The number of aryl methyl sites for hydroxylation is 1. The summed E-state index contributed by atoms with van der Waals surface area (Å²) < 4.78 is 0. The molecule has 0 radical (unpaired) electrons. The molecule has 1 aliphatic heterocycles. The molecular formula is C11H15N3O3. The van der Waals surface area contributed by atoms with Gasteiger partial charge in [0.15, 0.2) is 0 Å². The van der Waals surface area contributed by atoms with E-state index >= 15 is 0 Å². The largest absolute Gasteiger partial charge is 0.480 e. The highest BCUT2D eigenvalue weighted by Crippen LogP contribution is 2.22. The number of anilines is 1. The average Bonchev–Trinajstić information content (AvgIpc) is 2.77. The van der Waals surface area contributed by atoms with Gasteiger partial charge < -0.3 is 15.0 Å². The van der Waals surface area contributed by atoms with E-state index in [1.54, 1.807) is 4.90 Å². The normalized spacial score (nSPS) is 19.6. The van der Waals surface area contributed by atoms with E-state index in [4.69, 9.17) is 5.11 Å². The zero-order chi connectivity index (χ0) is 12.4. The Kier molecular flexibility index (Phi) is 3.12. The number of carboxylic acid groups (broad SMARTS) is 1. The second kappa shape index (κ2) is 4.57. The molecule has 0 spiro atoms. The molecule has 1 aromatic heterocycles. The summed E-state index contributed by atoms with van der Waals surface area (Å²) in [5, 5.41) is 9.09. The van der Waals surface area contributed by atoms with E-state index < -0.39 is 12.0 Å². The van der Waals surface area contributed by atoms with Crippen LogP contribution in [0.3, 0.4) is 0 Å². The van der Waals surface area contributed by atoms with Crippen molar-refractivity contribution in [2.75, 3.05) is 11.4 Å². The van der Waals surface area contributed by atoms with Crippen LogP contribution in [0, 0.1) is 0 Å². The molecule has 6 nitrogen and oxygen atoms in total. The minimum atomic E-state index is -0.859. The quantitative estimate of drug-likeness (QED) is 0.794. The van der Waals surface area contributed by atoms with Crippen molar-refractivity contribution in [3.05, 3.63) is 22.2 Å². The molecule has 0 aliphatic carbocycles. The summed E-state index contributed by atoms with van der Waals surface area (Å²) in [5.74, 6) is 0.196. The van der Waals surface area contributed by atoms with E-state index in [1.807, 2.05) is 6.92 Å². The highest BCUT2D eigenvalue weighted by Gasteiger charge is 2.31. The Morgan fingerprint density at radius 2 is 2.47 bits per heavy atom. The molecule has 1 fully saturated rings. The summed E-state index contributed by atoms with van der Waals surface area (Å²) in [6, 6.07) is 0.800. The van der Waals surface area contributed by atoms with Crippen molar-refractivity contribution in [2.24, 2.45) is 0 Å². The van der Waals surface area contributed by atoms with Gasteiger partial charge in [-0.3, -0.25) is 4.79 Å². The Morgan fingerprint density at radius 3 is 3.12 bits per heavy atom. The van der Waals surface area contributed by atoms with Crippen LogP contribution in [0.2, 0.25) is 0 Å². The number of nitrogens with zero attached hydrogens (tertiary/aromatic N) is 2. The van der Waals surface area contributed by atoms with Crippen molar-refractivity contribution in [1.29, 1.82) is 0 Å². The van der Waals surface area contributed by atoms with Gasteiger partial charge in [0.05, 0.1) is 0 Å². The number of aliphatic carboxylic acids is 1. The summed E-state index contributed by atoms with van der Waals surface area (Å²) >= 11 is 0. The number of rotatable bonds is 3. The number of nitrogens with one attached hydrogen (secondary N) is 1. The van der Waals surface area contributed by atoms with E-state index in [0.717, 1.165) is 6.42 Å². The van der Waals surface area contributed by atoms with Crippen LogP contribution in [-0.2, 0) is 11.2 Å². The van der Waals surface area contributed by atoms with Gasteiger partial charge in [-0.25, -0.2) is 9.78 Å². The summed E-state index contributed by atoms with van der Waals surface area (Å²) in [5.41, 5.74) is -0.233. The smallest absolute Gasteiger partial charge is 0.326 e. The highest BCUT2D eigenvalue weighted by molar-refractivity contribution is 5.78. The fourth-order valence-electron chi connectivity index (χ4n) is 2.11. The van der Waals surface area contributed by atoms with Crippen molar-refractivity contribution in [3.63, 3.8) is 0 Å². The van der Waals surface area contributed by atoms with Gasteiger partial charge in [-0.05, 0) is 12.8 Å². The maximum absolute atomic E-state index is 11.4. The Balaban J connectivity index is 2.36. The molecule has 0 bridgehead atoms. The molecule has 1 aromatic rings. The molecule has 1 saturated heterocycles. The van der Waals surface area contributed by atoms with Crippen molar-refractivity contribution < 1.29 is 9.90 Å². The fraction of sp³-hybridized carbons (Fsp3) is 0.545. The molecule has 1 unspecified atom stereocenters. The topological polar surface area (TPSA) is 86.3 Å². The van der Waals surface area contributed by atoms with Crippen molar-refractivity contribution >= 4 is 11.8 Å². The SMILES string of the molecule is CCc1nc(N2CCCC2C(=O)O)cc(=O)[nH]1. The zero-order valence-corrected chi connectivity index (χ0v) is 9.64. The van der Waals surface area contributed by atoms with Crippen LogP contribution in [0.1, 0.15) is 25.6 Å². The molecule has 6 heteroatoms. The molecule has 2 rings (SSSR count). The van der Waals surface area contributed by atoms with Gasteiger partial charge in [-0.15, -0.1) is 0 Å². The molecule has 0 aromatic carbocycles. The number of hydrogen-bond acceptors (Lipinski definition) is 4. The second-order valence-electron chi connectivity index (χ2n) is 4.09. The lowest BCUT2D eigenvalue weighted by Crippen LogP contribution is -2.37. The number of aromatic nitrogens is 2. The molecule has 0 saturated carbocycles. The molecule has 92 valence electrons. The Morgan fingerprint density at radius 1 is 1.71 bits per heavy atom. The lowest BCUT2D eigenvalue weighted by atomic mass is 10.2. The van der Waals surface area contributed by atoms with Crippen LogP contribution in [0.25, 0.3) is 0 Å². The molecular weight excluding hydrogens is 222 g/mol. The number of H-pyrrole nitrogens is 1. The van der Waals surface area contributed by atoms with E-state index in [-0.39, 0.29) is 5.56 Å². The lowest BCUT2D eigenvalue weighted by molar-refractivity contribution is -0.138. The summed E-state index contributed by atoms with van der Waals surface area (Å²) in [7, 11) is 0. The van der Waals surface area contributed by atoms with E-state index in [9.17, 15) is 9.59 Å². The van der Waals surface area contributed by atoms with Gasteiger partial charge >= 0.3 is 5.97 Å². The van der Waals surface area contributed by atoms with Crippen LogP contribution in [0.5, 0.6) is 0 Å². The molecule has 0 amide bonds. The first-order chi connectivity index (χ1) is 8.11. The van der Waals surface area contributed by atoms with Crippen LogP contribution in [-0.4, -0.2) is 33.6 Å². The Hall–Kier alpha value is -1.85. The first-order valence-electron chi connectivity index (χ1n) is 5.71. The monoisotopic (exact) mass is 237 g/mol. The number of aromatic amines is 1. The van der Waals surface area contributed by atoms with Crippen molar-refractivity contribution in [2.45, 2.75) is 32.2 Å². The summed E-state index contributed by atoms with van der Waals surface area (Å²) in [6.45, 7) is 2.53. The molecule has 2 heterocycles. The fourth-order valence-corrected chi connectivity index (χ4v) is 2.11. The maximum atomic E-state index is 11.4. The minimum absolute atomic E-state index is 0.233. The first-order valence-corrected chi connectivity index (χ1v) is 5.71. The average molecular weight is 237 g/mol. The lowest BCUT2D eigenvalue weighted by Gasteiger charge is -2.22. The number of hydrogen-bond donors (Lipinski definition) is 2. The van der Waals surface area contributed by atoms with E-state index in [0.29, 0.717) is 31.0 Å². The van der Waals surface area contributed by atoms with E-state index in [2.05, 4.69) is 9.97 Å². The second-order valence-corrected chi connectivity index (χ2v) is 4.09. The van der Waals surface area contributed by atoms with Gasteiger partial charge in [-0.1, -0.05) is 6.92 Å². The Labute approximate surface area is 98.3 Å². The minimum Gasteiger partial charge on any atom is -0.480 e. The van der Waals surface area contributed by atoms with Gasteiger partial charge in [-0.2, -0.15) is 0 Å². The number of carboxylic acids is 1. The summed E-state index contributed by atoms with van der Waals surface area (Å²) in [4.78, 5) is 31.1. The van der Waals surface area contributed by atoms with Gasteiger partial charge in [0.2, 0.25) is 0 Å². The maximum Gasteiger partial charge on any atom is 0.326 e. The first kappa shape index (κ1) is 11.6. The summed E-state index contributed by atoms with van der Waals surface area (Å²) in [6.07, 6.45) is 2.03. The third-order valence-electron chi connectivity index (χ3n) is 2.94. The van der Waals surface area contributed by atoms with Crippen LogP contribution in [0.15, 0.2) is 10.9 Å². The van der Waals surface area contributed by atoms with Crippen LogP contribution >= 0.6 is 0 Å². The standard InChI is InChI=1S/C11H15N3O3/c1-2-8-12-9(6-10(15)13-8)14-5-3-4-7(14)11(16)17/h6-7H,2-5H2,1H3,(H,16,17)(H,12,13,15). The highest BCUT2D eigenvalue weighted by atomic mass is 16.4. The predicted molar refractivity (Wildman–Crippen MR) is 62.2 cm³/mol. The number of carbonyl (C=O) groups is 1. The predicted octanol–water partition coefficient (Wildman–Crippen LogP) is 0.386. The molecule has 2 N–H and O–H groups in total. The van der Waals surface area contributed by atoms with Crippen molar-refractivity contribution in [3.8, 4) is 0 Å². The van der Waals surface area contributed by atoms with Crippen LogP contribution < -0.4 is 10.5 Å². The third-order valence-corrected chi connectivity index (χ3v) is 2.94. The van der Waals surface area contributed by atoms with Gasteiger partial charge in [0.25, 0.3) is 5.56 Å². The Bertz CT molecular complexity index is 483. The molecule has 1 atom stereocenters. The molecule has 17 heavy (non-hydrogen) atoms. The van der Waals surface area contributed by atoms with Gasteiger partial charge in [0.1, 0.15) is 17.7 Å². The van der Waals surface area contributed by atoms with Gasteiger partial charge in [0, 0.05) is 19.0 Å². The zero-order valence-electron chi connectivity index (χ0n) is 9.64. The van der Waals surface area contributed by atoms with Crippen LogP contribution in [0.4, 0.5) is 5.82 Å². The molecule has 1 aliphatic rings.